The van der Waals surface area contributed by atoms with Gasteiger partial charge in [0.25, 0.3) is 0 Å². The van der Waals surface area contributed by atoms with Gasteiger partial charge in [-0.05, 0) is 25.3 Å². The molecule has 4 rings (SSSR count). The lowest BCUT2D eigenvalue weighted by Crippen LogP contribution is -2.35. The van der Waals surface area contributed by atoms with Crippen LogP contribution >= 0.6 is 0 Å². The predicted octanol–water partition coefficient (Wildman–Crippen LogP) is 2.43. The largest absolute Gasteiger partial charge is 0.370 e. The van der Waals surface area contributed by atoms with Gasteiger partial charge in [0.15, 0.2) is 0 Å². The molecule has 10 heteroatoms. The first-order chi connectivity index (χ1) is 15.8. The first-order valence-corrected chi connectivity index (χ1v) is 11.1. The molecule has 1 aliphatic carbocycles. The number of nitrogens with one attached hydrogen (secondary N) is 1. The van der Waals surface area contributed by atoms with Gasteiger partial charge in [-0.1, -0.05) is 6.07 Å². The molecule has 1 saturated carbocycles. The third-order valence-electron chi connectivity index (χ3n) is 6.12. The van der Waals surface area contributed by atoms with Gasteiger partial charge in [0.2, 0.25) is 11.8 Å². The third kappa shape index (κ3) is 5.94. The number of hydrogen-bond acceptors (Lipinski definition) is 5. The number of ether oxygens (including phenoxy) is 1. The number of rotatable bonds is 9. The molecule has 2 fully saturated rings. The molecule has 1 saturated heterocycles. The molecule has 1 aliphatic heterocycles. The molecule has 2 heterocycles. The van der Waals surface area contributed by atoms with E-state index in [1.807, 2.05) is 4.68 Å². The van der Waals surface area contributed by atoms with Crippen LogP contribution in [0.2, 0.25) is 0 Å². The Morgan fingerprint density at radius 2 is 2.06 bits per heavy atom. The Hall–Kier alpha value is -2.85. The molecule has 0 radical (unpaired) electrons. The number of anilines is 1. The van der Waals surface area contributed by atoms with Crippen LogP contribution in [-0.4, -0.2) is 71.3 Å². The summed E-state index contributed by atoms with van der Waals surface area (Å²) < 4.78 is 35.1. The van der Waals surface area contributed by atoms with Gasteiger partial charge in [0.1, 0.15) is 18.2 Å². The number of amides is 2. The van der Waals surface area contributed by atoms with Gasteiger partial charge in [-0.3, -0.25) is 19.2 Å². The Bertz CT molecular complexity index is 1010. The van der Waals surface area contributed by atoms with Crippen LogP contribution in [-0.2, 0) is 20.9 Å². The fourth-order valence-electron chi connectivity index (χ4n) is 3.99. The van der Waals surface area contributed by atoms with Crippen LogP contribution in [0.25, 0.3) is 0 Å². The van der Waals surface area contributed by atoms with Gasteiger partial charge in [-0.15, -0.1) is 0 Å². The number of carbonyl (C=O) groups excluding carboxylic acids is 2. The van der Waals surface area contributed by atoms with Crippen LogP contribution < -0.4 is 5.32 Å². The van der Waals surface area contributed by atoms with Gasteiger partial charge in [0.05, 0.1) is 24.5 Å². The number of benzene rings is 1. The standard InChI is InChI=1S/C23H29F2N5O3/c1-28(2)22(31)14-33-13-20-8-19(12-29(20)10-16-5-6-17(24)7-21(16)25)30-11-18(9-26-30)27-23(32)15-3-4-15/h5-7,9,11,15,19-20H,3-4,8,10,12-14H2,1-2H3,(H,27,32)/t19-,20-/m0/s1. The highest BCUT2D eigenvalue weighted by molar-refractivity contribution is 5.93. The normalized spacial score (nSPS) is 20.7. The van der Waals surface area contributed by atoms with Crippen molar-refractivity contribution in [3.8, 4) is 0 Å². The highest BCUT2D eigenvalue weighted by Crippen LogP contribution is 2.32. The molecule has 2 atom stereocenters. The van der Waals surface area contributed by atoms with E-state index in [0.29, 0.717) is 30.8 Å². The van der Waals surface area contributed by atoms with Crippen LogP contribution in [0.4, 0.5) is 14.5 Å². The van der Waals surface area contributed by atoms with Crippen LogP contribution in [0.15, 0.2) is 30.6 Å². The van der Waals surface area contributed by atoms with E-state index in [2.05, 4.69) is 15.3 Å². The molecule has 8 nitrogen and oxygen atoms in total. The first-order valence-electron chi connectivity index (χ1n) is 11.1. The minimum absolute atomic E-state index is 0.0155. The molecule has 1 aromatic heterocycles. The SMILES string of the molecule is CN(C)C(=O)COC[C@@H]1C[C@H](n2cc(NC(=O)C3CC3)cn2)CN1Cc1ccc(F)cc1F. The predicted molar refractivity (Wildman–Crippen MR) is 117 cm³/mol. The first kappa shape index (κ1) is 23.3. The van der Waals surface area contributed by atoms with E-state index in [1.54, 1.807) is 26.5 Å². The number of nitrogens with zero attached hydrogens (tertiary/aromatic N) is 4. The molecule has 2 aromatic rings. The second-order valence-electron chi connectivity index (χ2n) is 8.98. The van der Waals surface area contributed by atoms with Crippen molar-refractivity contribution in [2.24, 2.45) is 5.92 Å². The molecule has 2 amide bonds. The van der Waals surface area contributed by atoms with E-state index in [4.69, 9.17) is 4.74 Å². The van der Waals surface area contributed by atoms with Crippen molar-refractivity contribution in [3.05, 3.63) is 47.8 Å². The molecule has 178 valence electrons. The van der Waals surface area contributed by atoms with Crippen molar-refractivity contribution >= 4 is 17.5 Å². The summed E-state index contributed by atoms with van der Waals surface area (Å²) in [4.78, 5) is 27.4. The molecule has 0 unspecified atom stereocenters. The maximum atomic E-state index is 14.3. The van der Waals surface area contributed by atoms with Gasteiger partial charge in [0, 0.05) is 57.0 Å². The highest BCUT2D eigenvalue weighted by atomic mass is 19.1. The van der Waals surface area contributed by atoms with E-state index in [0.717, 1.165) is 18.9 Å². The molecule has 1 N–H and O–H groups in total. The zero-order valence-electron chi connectivity index (χ0n) is 18.8. The molecule has 0 spiro atoms. The summed E-state index contributed by atoms with van der Waals surface area (Å²) in [6, 6.07) is 3.48. The zero-order valence-corrected chi connectivity index (χ0v) is 18.8. The van der Waals surface area contributed by atoms with Gasteiger partial charge in [-0.2, -0.15) is 5.10 Å². The van der Waals surface area contributed by atoms with Crippen molar-refractivity contribution in [3.63, 3.8) is 0 Å². The van der Waals surface area contributed by atoms with E-state index in [-0.39, 0.29) is 43.0 Å². The Morgan fingerprint density at radius 1 is 1.27 bits per heavy atom. The lowest BCUT2D eigenvalue weighted by Gasteiger charge is -2.24. The summed E-state index contributed by atoms with van der Waals surface area (Å²) in [5.74, 6) is -1.22. The molecule has 2 aliphatic rings. The summed E-state index contributed by atoms with van der Waals surface area (Å²) in [5, 5.41) is 7.31. The lowest BCUT2D eigenvalue weighted by molar-refractivity contribution is -0.134. The summed E-state index contributed by atoms with van der Waals surface area (Å²) >= 11 is 0. The quantitative estimate of drug-likeness (QED) is 0.621. The van der Waals surface area contributed by atoms with Crippen LogP contribution in [0, 0.1) is 17.6 Å². The monoisotopic (exact) mass is 461 g/mol. The van der Waals surface area contributed by atoms with E-state index in [9.17, 15) is 18.4 Å². The Kier molecular flexibility index (Phi) is 7.04. The van der Waals surface area contributed by atoms with Crippen molar-refractivity contribution in [2.75, 3.05) is 39.2 Å². The average Bonchev–Trinajstić information content (AvgIpc) is 3.40. The summed E-state index contributed by atoms with van der Waals surface area (Å²) in [6.45, 7) is 1.12. The summed E-state index contributed by atoms with van der Waals surface area (Å²) in [7, 11) is 3.33. The van der Waals surface area contributed by atoms with Crippen molar-refractivity contribution in [1.82, 2.24) is 19.6 Å². The molecular weight excluding hydrogens is 432 g/mol. The topological polar surface area (TPSA) is 79.7 Å². The third-order valence-corrected chi connectivity index (χ3v) is 6.12. The maximum Gasteiger partial charge on any atom is 0.248 e. The van der Waals surface area contributed by atoms with Crippen molar-refractivity contribution in [2.45, 2.75) is 37.9 Å². The van der Waals surface area contributed by atoms with Gasteiger partial charge >= 0.3 is 0 Å². The van der Waals surface area contributed by atoms with Crippen molar-refractivity contribution in [1.29, 1.82) is 0 Å². The van der Waals surface area contributed by atoms with Gasteiger partial charge < -0.3 is 15.0 Å². The summed E-state index contributed by atoms with van der Waals surface area (Å²) in [5.41, 5.74) is 1.04. The lowest BCUT2D eigenvalue weighted by atomic mass is 10.1. The minimum Gasteiger partial charge on any atom is -0.370 e. The molecule has 0 bridgehead atoms. The van der Waals surface area contributed by atoms with E-state index < -0.39 is 11.6 Å². The van der Waals surface area contributed by atoms with Crippen LogP contribution in [0.5, 0.6) is 0 Å². The number of aromatic nitrogens is 2. The summed E-state index contributed by atoms with van der Waals surface area (Å²) in [6.07, 6.45) is 5.96. The average molecular weight is 462 g/mol. The molecule has 1 aromatic carbocycles. The van der Waals surface area contributed by atoms with Crippen molar-refractivity contribution < 1.29 is 23.1 Å². The molecule has 33 heavy (non-hydrogen) atoms. The highest BCUT2D eigenvalue weighted by Gasteiger charge is 2.35. The van der Waals surface area contributed by atoms with Crippen LogP contribution in [0.1, 0.15) is 30.9 Å². The number of likely N-dealkylation sites (tertiary alicyclic amines) is 1. The fourth-order valence-corrected chi connectivity index (χ4v) is 3.99. The van der Waals surface area contributed by atoms with Crippen LogP contribution in [0.3, 0.4) is 0 Å². The van der Waals surface area contributed by atoms with E-state index in [1.165, 1.54) is 17.0 Å². The van der Waals surface area contributed by atoms with Gasteiger partial charge in [-0.25, -0.2) is 8.78 Å². The Balaban J connectivity index is 1.43. The number of hydrogen-bond donors (Lipinski definition) is 1. The number of likely N-dealkylation sites (N-methyl/N-ethyl adjacent to an activating group) is 1. The Labute approximate surface area is 191 Å². The second kappa shape index (κ2) is 9.96. The zero-order chi connectivity index (χ0) is 23.5. The molecular formula is C23H29F2N5O3. The Morgan fingerprint density at radius 3 is 2.76 bits per heavy atom. The number of carbonyl (C=O) groups is 2. The smallest absolute Gasteiger partial charge is 0.248 e. The minimum atomic E-state index is -0.616. The van der Waals surface area contributed by atoms with E-state index >= 15 is 0 Å². The second-order valence-corrected chi connectivity index (χ2v) is 8.98. The maximum absolute atomic E-state index is 14.3. The number of halogens is 2. The fraction of sp³-hybridized carbons (Fsp3) is 0.522.